The maximum atomic E-state index is 12.3. The van der Waals surface area contributed by atoms with Gasteiger partial charge in [0.05, 0.1) is 0 Å². The second-order valence-electron chi connectivity index (χ2n) is 5.50. The van der Waals surface area contributed by atoms with Crippen LogP contribution in [0.1, 0.15) is 18.9 Å². The maximum absolute atomic E-state index is 12.3. The zero-order valence-corrected chi connectivity index (χ0v) is 12.2. The van der Waals surface area contributed by atoms with Crippen molar-refractivity contribution in [3.8, 4) is 0 Å². The van der Waals surface area contributed by atoms with E-state index in [1.54, 1.807) is 6.08 Å². The fourth-order valence-electron chi connectivity index (χ4n) is 2.63. The van der Waals surface area contributed by atoms with Crippen molar-refractivity contribution in [2.75, 3.05) is 32.4 Å². The predicted molar refractivity (Wildman–Crippen MR) is 83.2 cm³/mol. The molecule has 0 spiro atoms. The number of nitrogens with zero attached hydrogens (tertiary/aromatic N) is 2. The van der Waals surface area contributed by atoms with Crippen LogP contribution in [0, 0.1) is 0 Å². The van der Waals surface area contributed by atoms with Crippen LogP contribution in [-0.2, 0) is 4.79 Å². The van der Waals surface area contributed by atoms with Crippen molar-refractivity contribution in [3.63, 3.8) is 0 Å². The van der Waals surface area contributed by atoms with E-state index in [0.29, 0.717) is 5.69 Å². The summed E-state index contributed by atoms with van der Waals surface area (Å²) >= 11 is 0. The second-order valence-corrected chi connectivity index (χ2v) is 5.50. The Morgan fingerprint density at radius 3 is 2.95 bits per heavy atom. The van der Waals surface area contributed by atoms with Gasteiger partial charge >= 0.3 is 0 Å². The smallest absolute Gasteiger partial charge is 0.246 e. The molecule has 0 radical (unpaired) electrons. The minimum absolute atomic E-state index is 0.0789. The summed E-state index contributed by atoms with van der Waals surface area (Å²) in [4.78, 5) is 16.5. The van der Waals surface area contributed by atoms with E-state index in [-0.39, 0.29) is 11.9 Å². The van der Waals surface area contributed by atoms with Crippen LogP contribution < -0.4 is 5.73 Å². The molecular formula is C16H23N3O. The minimum Gasteiger partial charge on any atom is -0.399 e. The highest BCUT2D eigenvalue weighted by Gasteiger charge is 2.22. The number of likely N-dealkylation sites (N-methyl/N-ethyl adjacent to an activating group) is 1. The molecule has 1 amide bonds. The Labute approximate surface area is 120 Å². The Balaban J connectivity index is 2.03. The first-order valence-corrected chi connectivity index (χ1v) is 7.09. The first-order chi connectivity index (χ1) is 9.56. The Kier molecular flexibility index (Phi) is 4.79. The zero-order valence-electron chi connectivity index (χ0n) is 12.2. The highest BCUT2D eigenvalue weighted by atomic mass is 16.2. The number of hydrogen-bond acceptors (Lipinski definition) is 3. The van der Waals surface area contributed by atoms with Gasteiger partial charge in [-0.1, -0.05) is 12.1 Å². The quantitative estimate of drug-likeness (QED) is 0.660. The maximum Gasteiger partial charge on any atom is 0.246 e. The summed E-state index contributed by atoms with van der Waals surface area (Å²) in [6.45, 7) is 4.91. The molecule has 1 saturated heterocycles. The van der Waals surface area contributed by atoms with Gasteiger partial charge in [0.2, 0.25) is 5.91 Å². The lowest BCUT2D eigenvalue weighted by Crippen LogP contribution is -2.41. The summed E-state index contributed by atoms with van der Waals surface area (Å²) in [5.41, 5.74) is 7.40. The topological polar surface area (TPSA) is 49.6 Å². The Hall–Kier alpha value is -1.81. The number of benzene rings is 1. The van der Waals surface area contributed by atoms with Gasteiger partial charge in [-0.3, -0.25) is 4.79 Å². The van der Waals surface area contributed by atoms with Gasteiger partial charge in [0, 0.05) is 30.9 Å². The van der Waals surface area contributed by atoms with Crippen LogP contribution in [0.2, 0.25) is 0 Å². The lowest BCUT2D eigenvalue weighted by atomic mass is 10.2. The molecular weight excluding hydrogens is 250 g/mol. The summed E-state index contributed by atoms with van der Waals surface area (Å²) in [6, 6.07) is 7.79. The van der Waals surface area contributed by atoms with Gasteiger partial charge in [-0.2, -0.15) is 0 Å². The van der Waals surface area contributed by atoms with E-state index in [4.69, 9.17) is 5.73 Å². The Morgan fingerprint density at radius 1 is 1.40 bits per heavy atom. The number of hydrogen-bond donors (Lipinski definition) is 1. The van der Waals surface area contributed by atoms with Crippen molar-refractivity contribution in [2.45, 2.75) is 19.4 Å². The molecule has 0 aromatic heterocycles. The fraction of sp³-hybridized carbons (Fsp3) is 0.438. The molecule has 1 fully saturated rings. The molecule has 0 aliphatic carbocycles. The van der Waals surface area contributed by atoms with Crippen LogP contribution >= 0.6 is 0 Å². The average molecular weight is 273 g/mol. The largest absolute Gasteiger partial charge is 0.399 e. The molecule has 1 unspecified atom stereocenters. The zero-order chi connectivity index (χ0) is 14.5. The van der Waals surface area contributed by atoms with Crippen molar-refractivity contribution in [2.24, 2.45) is 0 Å². The third-order valence-electron chi connectivity index (χ3n) is 3.66. The van der Waals surface area contributed by atoms with Crippen LogP contribution in [0.15, 0.2) is 30.3 Å². The molecule has 1 aromatic rings. The van der Waals surface area contributed by atoms with Gasteiger partial charge in [0.1, 0.15) is 0 Å². The number of carbonyl (C=O) groups excluding carboxylic acids is 1. The summed E-state index contributed by atoms with van der Waals surface area (Å²) in [6.07, 6.45) is 4.51. The van der Waals surface area contributed by atoms with Crippen molar-refractivity contribution in [1.29, 1.82) is 0 Å². The Bertz CT molecular complexity index is 498. The van der Waals surface area contributed by atoms with Crippen molar-refractivity contribution >= 4 is 17.7 Å². The fourth-order valence-corrected chi connectivity index (χ4v) is 2.63. The van der Waals surface area contributed by atoms with Crippen LogP contribution in [0.5, 0.6) is 0 Å². The molecule has 4 heteroatoms. The highest BCUT2D eigenvalue weighted by Crippen LogP contribution is 2.12. The average Bonchev–Trinajstić information content (AvgIpc) is 2.57. The van der Waals surface area contributed by atoms with Gasteiger partial charge in [-0.05, 0) is 50.7 Å². The molecule has 20 heavy (non-hydrogen) atoms. The number of anilines is 1. The summed E-state index contributed by atoms with van der Waals surface area (Å²) in [7, 11) is 2.10. The standard InChI is InChI=1S/C16H23N3O/c1-13-12-18(2)9-4-10-19(13)16(20)8-7-14-5-3-6-15(17)11-14/h3,5-8,11,13H,4,9-10,12,17H2,1-2H3/b8-7+. The van der Waals surface area contributed by atoms with E-state index in [1.807, 2.05) is 35.2 Å². The van der Waals surface area contributed by atoms with Gasteiger partial charge < -0.3 is 15.5 Å². The molecule has 1 heterocycles. The SMILES string of the molecule is CC1CN(C)CCCN1C(=O)/C=C/c1cccc(N)c1. The van der Waals surface area contributed by atoms with Gasteiger partial charge in [-0.25, -0.2) is 0 Å². The van der Waals surface area contributed by atoms with Crippen LogP contribution in [0.3, 0.4) is 0 Å². The van der Waals surface area contributed by atoms with Crippen molar-refractivity contribution in [3.05, 3.63) is 35.9 Å². The molecule has 1 aliphatic heterocycles. The summed E-state index contributed by atoms with van der Waals surface area (Å²) in [5, 5.41) is 0. The number of amides is 1. The molecule has 1 aliphatic rings. The third kappa shape index (κ3) is 3.84. The summed E-state index contributed by atoms with van der Waals surface area (Å²) < 4.78 is 0. The van der Waals surface area contributed by atoms with E-state index >= 15 is 0 Å². The molecule has 1 aromatic carbocycles. The lowest BCUT2D eigenvalue weighted by Gasteiger charge is -2.26. The van der Waals surface area contributed by atoms with E-state index in [0.717, 1.165) is 31.6 Å². The second kappa shape index (κ2) is 6.57. The lowest BCUT2D eigenvalue weighted by molar-refractivity contribution is -0.127. The normalized spacial score (nSPS) is 21.1. The van der Waals surface area contributed by atoms with Gasteiger partial charge in [0.25, 0.3) is 0 Å². The van der Waals surface area contributed by atoms with E-state index in [1.165, 1.54) is 0 Å². The number of carbonyl (C=O) groups is 1. The van der Waals surface area contributed by atoms with E-state index < -0.39 is 0 Å². The molecule has 2 rings (SSSR count). The molecule has 0 bridgehead atoms. The minimum atomic E-state index is 0.0789. The Morgan fingerprint density at radius 2 is 2.20 bits per heavy atom. The van der Waals surface area contributed by atoms with Crippen LogP contribution in [0.4, 0.5) is 5.69 Å². The number of nitrogens with two attached hydrogens (primary N) is 1. The van der Waals surface area contributed by atoms with Crippen molar-refractivity contribution < 1.29 is 4.79 Å². The van der Waals surface area contributed by atoms with Crippen LogP contribution in [0.25, 0.3) is 6.08 Å². The third-order valence-corrected chi connectivity index (χ3v) is 3.66. The number of rotatable bonds is 2. The van der Waals surface area contributed by atoms with Gasteiger partial charge in [-0.15, -0.1) is 0 Å². The molecule has 4 nitrogen and oxygen atoms in total. The van der Waals surface area contributed by atoms with Crippen LogP contribution in [-0.4, -0.2) is 48.4 Å². The first kappa shape index (κ1) is 14.6. The predicted octanol–water partition coefficient (Wildman–Crippen LogP) is 1.83. The summed E-state index contributed by atoms with van der Waals surface area (Å²) in [5.74, 6) is 0.0789. The molecule has 2 N–H and O–H groups in total. The van der Waals surface area contributed by atoms with Crippen molar-refractivity contribution in [1.82, 2.24) is 9.80 Å². The van der Waals surface area contributed by atoms with Gasteiger partial charge in [0.15, 0.2) is 0 Å². The highest BCUT2D eigenvalue weighted by molar-refractivity contribution is 5.92. The molecule has 1 atom stereocenters. The monoisotopic (exact) mass is 273 g/mol. The van der Waals surface area contributed by atoms with E-state index in [9.17, 15) is 4.79 Å². The number of nitrogen functional groups attached to an aromatic ring is 1. The molecule has 108 valence electrons. The van der Waals surface area contributed by atoms with E-state index in [2.05, 4.69) is 18.9 Å². The first-order valence-electron chi connectivity index (χ1n) is 7.09. The molecule has 0 saturated carbocycles.